The van der Waals surface area contributed by atoms with Crippen LogP contribution in [0.3, 0.4) is 0 Å². The summed E-state index contributed by atoms with van der Waals surface area (Å²) in [4.78, 5) is 12.4. The first-order valence-electron chi connectivity index (χ1n) is 6.61. The molecule has 0 unspecified atom stereocenters. The number of allylic oxidation sites excluding steroid dienone is 2. The Morgan fingerprint density at radius 3 is 1.65 bits per heavy atom. The highest BCUT2D eigenvalue weighted by Crippen LogP contribution is 2.35. The van der Waals surface area contributed by atoms with Gasteiger partial charge in [-0.1, -0.05) is 48.5 Å². The zero-order valence-corrected chi connectivity index (χ0v) is 12.5. The van der Waals surface area contributed by atoms with Crippen molar-refractivity contribution in [2.45, 2.75) is 67.7 Å². The molecule has 0 aliphatic carbocycles. The summed E-state index contributed by atoms with van der Waals surface area (Å²) in [6.07, 6.45) is 2.20. The zero-order valence-electron chi connectivity index (χ0n) is 12.5. The highest BCUT2D eigenvalue weighted by atomic mass is 16.3. The van der Waals surface area contributed by atoms with E-state index in [0.29, 0.717) is 12.0 Å². The predicted molar refractivity (Wildman–Crippen MR) is 73.1 cm³/mol. The molecule has 2 heteroatoms. The number of carbonyl (C=O) groups is 1. The predicted octanol–water partition coefficient (Wildman–Crippen LogP) is 4.65. The molecule has 0 radical (unpaired) electrons. The fourth-order valence-electron chi connectivity index (χ4n) is 1.58. The molecular weight excluding hydrogens is 212 g/mol. The van der Waals surface area contributed by atoms with Gasteiger partial charge in [-0.2, -0.15) is 0 Å². The van der Waals surface area contributed by atoms with Gasteiger partial charge < -0.3 is 5.11 Å². The van der Waals surface area contributed by atoms with Gasteiger partial charge in [-0.05, 0) is 19.3 Å². The van der Waals surface area contributed by atoms with Crippen molar-refractivity contribution in [3.8, 4) is 0 Å². The fraction of sp³-hybridized carbons (Fsp3) is 0.800. The number of carbonyl (C=O) groups excluding carboxylic acids is 1. The summed E-state index contributed by atoms with van der Waals surface area (Å²) in [7, 11) is 0. The second-order valence-electron chi connectivity index (χ2n) is 5.98. The van der Waals surface area contributed by atoms with Gasteiger partial charge in [0, 0.05) is 16.4 Å². The summed E-state index contributed by atoms with van der Waals surface area (Å²) in [5.74, 6) is 0.357. The summed E-state index contributed by atoms with van der Waals surface area (Å²) >= 11 is 0. The van der Waals surface area contributed by atoms with Crippen LogP contribution >= 0.6 is 0 Å². The second-order valence-corrected chi connectivity index (χ2v) is 5.98. The minimum atomic E-state index is -0.386. The number of hydrogen-bond acceptors (Lipinski definition) is 2. The minimum Gasteiger partial charge on any atom is -0.511 e. The average Bonchev–Trinajstić information content (AvgIpc) is 2.29. The number of Topliss-reactive ketones (excluding diaryl/α,β-unsaturated/α-hetero) is 1. The molecule has 2 nitrogen and oxygen atoms in total. The molecule has 0 aromatic rings. The van der Waals surface area contributed by atoms with Gasteiger partial charge in [0.2, 0.25) is 0 Å². The molecule has 0 saturated heterocycles. The summed E-state index contributed by atoms with van der Waals surface area (Å²) in [5.41, 5.74) is -0.0998. The molecule has 0 atom stereocenters. The summed E-state index contributed by atoms with van der Waals surface area (Å²) in [6, 6.07) is 0. The third-order valence-corrected chi connectivity index (χ3v) is 3.94. The molecule has 0 aromatic carbocycles. The molecule has 0 rings (SSSR count). The van der Waals surface area contributed by atoms with Crippen LogP contribution in [0.15, 0.2) is 11.3 Å². The number of aliphatic hydroxyl groups is 1. The van der Waals surface area contributed by atoms with E-state index in [1.165, 1.54) is 0 Å². The molecule has 0 saturated carbocycles. The molecule has 0 aliphatic heterocycles. The van der Waals surface area contributed by atoms with Crippen LogP contribution < -0.4 is 0 Å². The lowest BCUT2D eigenvalue weighted by Crippen LogP contribution is -2.28. The maximum Gasteiger partial charge on any atom is 0.167 e. The standard InChI is InChI=1S/C15H28O2/c1-8-11(12(16)14(4,5)9-2)13(17)15(6,7)10-3/h16H,8-10H2,1-7H3/b12-11-. The topological polar surface area (TPSA) is 37.3 Å². The molecule has 1 N–H and O–H groups in total. The monoisotopic (exact) mass is 240 g/mol. The Kier molecular flexibility index (Phi) is 5.44. The molecular formula is C15H28O2. The van der Waals surface area contributed by atoms with Crippen LogP contribution in [0.2, 0.25) is 0 Å². The van der Waals surface area contributed by atoms with E-state index in [-0.39, 0.29) is 22.4 Å². The van der Waals surface area contributed by atoms with Crippen molar-refractivity contribution in [2.75, 3.05) is 0 Å². The Bertz CT molecular complexity index is 309. The quantitative estimate of drug-likeness (QED) is 0.542. The van der Waals surface area contributed by atoms with E-state index in [4.69, 9.17) is 0 Å². The fourth-order valence-corrected chi connectivity index (χ4v) is 1.58. The lowest BCUT2D eigenvalue weighted by molar-refractivity contribution is -0.123. The van der Waals surface area contributed by atoms with Gasteiger partial charge in [0.25, 0.3) is 0 Å². The van der Waals surface area contributed by atoms with Gasteiger partial charge in [0.1, 0.15) is 5.76 Å². The molecule has 100 valence electrons. The summed E-state index contributed by atoms with van der Waals surface area (Å²) in [5, 5.41) is 10.3. The van der Waals surface area contributed by atoms with E-state index in [0.717, 1.165) is 12.8 Å². The molecule has 0 amide bonds. The molecule has 0 fully saturated rings. The van der Waals surface area contributed by atoms with Gasteiger partial charge in [-0.3, -0.25) is 4.79 Å². The van der Waals surface area contributed by atoms with E-state index in [1.54, 1.807) is 0 Å². The number of rotatable bonds is 6. The Hall–Kier alpha value is -0.790. The highest BCUT2D eigenvalue weighted by molar-refractivity contribution is 5.99. The van der Waals surface area contributed by atoms with E-state index in [9.17, 15) is 9.90 Å². The van der Waals surface area contributed by atoms with Gasteiger partial charge >= 0.3 is 0 Å². The van der Waals surface area contributed by atoms with E-state index < -0.39 is 0 Å². The first kappa shape index (κ1) is 16.2. The van der Waals surface area contributed by atoms with Gasteiger partial charge in [-0.15, -0.1) is 0 Å². The Balaban J connectivity index is 5.49. The average molecular weight is 240 g/mol. The van der Waals surface area contributed by atoms with E-state index >= 15 is 0 Å². The van der Waals surface area contributed by atoms with E-state index in [2.05, 4.69) is 0 Å². The molecule has 0 aliphatic rings. The Morgan fingerprint density at radius 2 is 1.35 bits per heavy atom. The van der Waals surface area contributed by atoms with Crippen LogP contribution in [-0.2, 0) is 4.79 Å². The molecule has 0 spiro atoms. The SMILES string of the molecule is CC/C(C(=O)C(C)(C)CC)=C(/O)C(C)(C)CC. The maximum atomic E-state index is 12.4. The van der Waals surface area contributed by atoms with Gasteiger partial charge in [0.15, 0.2) is 5.78 Å². The maximum absolute atomic E-state index is 12.4. The summed E-state index contributed by atoms with van der Waals surface area (Å²) < 4.78 is 0. The van der Waals surface area contributed by atoms with Gasteiger partial charge in [0.05, 0.1) is 0 Å². The summed E-state index contributed by atoms with van der Waals surface area (Å²) in [6.45, 7) is 13.8. The lowest BCUT2D eigenvalue weighted by atomic mass is 9.77. The molecule has 17 heavy (non-hydrogen) atoms. The van der Waals surface area contributed by atoms with Crippen LogP contribution in [-0.4, -0.2) is 10.9 Å². The van der Waals surface area contributed by atoms with Crippen LogP contribution in [0, 0.1) is 10.8 Å². The highest BCUT2D eigenvalue weighted by Gasteiger charge is 2.33. The Labute approximate surface area is 106 Å². The first-order valence-corrected chi connectivity index (χ1v) is 6.61. The zero-order chi connectivity index (χ0) is 13.9. The third-order valence-electron chi connectivity index (χ3n) is 3.94. The van der Waals surface area contributed by atoms with Crippen LogP contribution in [0.1, 0.15) is 67.7 Å². The largest absolute Gasteiger partial charge is 0.511 e. The first-order chi connectivity index (χ1) is 7.64. The van der Waals surface area contributed by atoms with Crippen LogP contribution in [0.5, 0.6) is 0 Å². The minimum absolute atomic E-state index is 0.0847. The number of ketones is 1. The normalized spacial score (nSPS) is 14.5. The number of hydrogen-bond donors (Lipinski definition) is 1. The van der Waals surface area contributed by atoms with Crippen molar-refractivity contribution in [2.24, 2.45) is 10.8 Å². The van der Waals surface area contributed by atoms with Crippen molar-refractivity contribution in [3.63, 3.8) is 0 Å². The number of aliphatic hydroxyl groups excluding tert-OH is 1. The van der Waals surface area contributed by atoms with Crippen molar-refractivity contribution >= 4 is 5.78 Å². The lowest BCUT2D eigenvalue weighted by Gasteiger charge is -2.28. The van der Waals surface area contributed by atoms with Crippen molar-refractivity contribution in [1.82, 2.24) is 0 Å². The third kappa shape index (κ3) is 3.58. The second kappa shape index (κ2) is 5.70. The van der Waals surface area contributed by atoms with Crippen molar-refractivity contribution < 1.29 is 9.90 Å². The van der Waals surface area contributed by atoms with Crippen molar-refractivity contribution in [3.05, 3.63) is 11.3 Å². The molecule has 0 bridgehead atoms. The Morgan fingerprint density at radius 1 is 0.941 bits per heavy atom. The van der Waals surface area contributed by atoms with Gasteiger partial charge in [-0.25, -0.2) is 0 Å². The molecule has 0 heterocycles. The van der Waals surface area contributed by atoms with Crippen LogP contribution in [0.25, 0.3) is 0 Å². The molecule has 0 aromatic heterocycles. The van der Waals surface area contributed by atoms with Crippen LogP contribution in [0.4, 0.5) is 0 Å². The van der Waals surface area contributed by atoms with E-state index in [1.807, 2.05) is 48.5 Å². The van der Waals surface area contributed by atoms with Crippen molar-refractivity contribution in [1.29, 1.82) is 0 Å². The smallest absolute Gasteiger partial charge is 0.167 e.